The van der Waals surface area contributed by atoms with Gasteiger partial charge in [-0.15, -0.1) is 24.0 Å². The largest absolute Gasteiger partial charge is 0.491 e. The second-order valence-electron chi connectivity index (χ2n) is 7.78. The van der Waals surface area contributed by atoms with Crippen molar-refractivity contribution in [3.8, 4) is 5.75 Å². The number of aliphatic imine (C=N–C) groups is 1. The Labute approximate surface area is 203 Å². The van der Waals surface area contributed by atoms with Gasteiger partial charge in [0.1, 0.15) is 18.2 Å². The van der Waals surface area contributed by atoms with Crippen molar-refractivity contribution in [2.45, 2.75) is 58.7 Å². The van der Waals surface area contributed by atoms with E-state index in [1.54, 1.807) is 7.05 Å². The number of hydrogen-bond acceptors (Lipinski definition) is 4. The van der Waals surface area contributed by atoms with Gasteiger partial charge in [-0.1, -0.05) is 12.1 Å². The SMILES string of the molecule is CN=C(NCCCCn1ccnc1C)NCc1ccc(C)cc1OCC1CCCO1.I. The Bertz CT molecular complexity index is 818. The predicted molar refractivity (Wildman–Crippen MR) is 135 cm³/mol. The van der Waals surface area contributed by atoms with Crippen LogP contribution in [0.15, 0.2) is 35.6 Å². The van der Waals surface area contributed by atoms with Gasteiger partial charge in [-0.25, -0.2) is 4.98 Å². The molecule has 2 N–H and O–H groups in total. The fourth-order valence-corrected chi connectivity index (χ4v) is 3.55. The van der Waals surface area contributed by atoms with Gasteiger partial charge in [-0.05, 0) is 51.2 Å². The number of nitrogens with zero attached hydrogens (tertiary/aromatic N) is 3. The van der Waals surface area contributed by atoms with Gasteiger partial charge in [0.05, 0.1) is 6.10 Å². The fraction of sp³-hybridized carbons (Fsp3) is 0.565. The first kappa shape index (κ1) is 25.5. The summed E-state index contributed by atoms with van der Waals surface area (Å²) in [5.41, 5.74) is 2.31. The predicted octanol–water partition coefficient (Wildman–Crippen LogP) is 3.82. The quantitative estimate of drug-likeness (QED) is 0.207. The van der Waals surface area contributed by atoms with E-state index >= 15 is 0 Å². The van der Waals surface area contributed by atoms with Crippen LogP contribution in [0.1, 0.15) is 42.6 Å². The first-order valence-corrected chi connectivity index (χ1v) is 10.9. The Morgan fingerprint density at radius 3 is 2.87 bits per heavy atom. The number of rotatable bonds is 10. The summed E-state index contributed by atoms with van der Waals surface area (Å²) in [6.45, 7) is 8.11. The number of hydrogen-bond donors (Lipinski definition) is 2. The van der Waals surface area contributed by atoms with Crippen LogP contribution in [-0.2, 0) is 17.8 Å². The van der Waals surface area contributed by atoms with Crippen LogP contribution in [0.2, 0.25) is 0 Å². The minimum atomic E-state index is 0. The molecule has 0 radical (unpaired) electrons. The van der Waals surface area contributed by atoms with Crippen LogP contribution in [0.5, 0.6) is 5.75 Å². The summed E-state index contributed by atoms with van der Waals surface area (Å²) in [5, 5.41) is 6.79. The average Bonchev–Trinajstić information content (AvgIpc) is 3.41. The van der Waals surface area contributed by atoms with E-state index in [4.69, 9.17) is 9.47 Å². The van der Waals surface area contributed by atoms with E-state index < -0.39 is 0 Å². The number of nitrogens with one attached hydrogen (secondary N) is 2. The van der Waals surface area contributed by atoms with Crippen LogP contribution >= 0.6 is 24.0 Å². The second-order valence-corrected chi connectivity index (χ2v) is 7.78. The highest BCUT2D eigenvalue weighted by atomic mass is 127. The molecular formula is C23H36IN5O2. The third-order valence-corrected chi connectivity index (χ3v) is 5.38. The molecule has 0 aliphatic carbocycles. The highest BCUT2D eigenvalue weighted by molar-refractivity contribution is 14.0. The number of guanidine groups is 1. The molecule has 0 amide bonds. The standard InChI is InChI=1S/C23H35N5O2.HI/c1-18-8-9-20(22(15-18)30-17-21-7-6-14-29-21)16-27-23(24-3)26-10-4-5-12-28-13-11-25-19(28)2;/h8-9,11,13,15,21H,4-7,10,12,14,16-17H2,1-3H3,(H2,24,26,27);1H. The molecule has 1 atom stereocenters. The van der Waals surface area contributed by atoms with Gasteiger partial charge in [0, 0.05) is 51.2 Å². The maximum Gasteiger partial charge on any atom is 0.191 e. The van der Waals surface area contributed by atoms with Crippen molar-refractivity contribution < 1.29 is 9.47 Å². The van der Waals surface area contributed by atoms with E-state index in [1.165, 1.54) is 5.56 Å². The number of imidazole rings is 1. The molecule has 2 heterocycles. The first-order chi connectivity index (χ1) is 14.7. The lowest BCUT2D eigenvalue weighted by Gasteiger charge is -2.17. The van der Waals surface area contributed by atoms with Crippen molar-refractivity contribution in [2.24, 2.45) is 4.99 Å². The highest BCUT2D eigenvalue weighted by Gasteiger charge is 2.17. The summed E-state index contributed by atoms with van der Waals surface area (Å²) in [6, 6.07) is 6.33. The molecule has 1 aromatic heterocycles. The molecule has 3 rings (SSSR count). The Kier molecular flexibility index (Phi) is 11.1. The molecule has 1 aliphatic heterocycles. The van der Waals surface area contributed by atoms with Crippen molar-refractivity contribution in [1.82, 2.24) is 20.2 Å². The molecule has 1 aliphatic rings. The number of ether oxygens (including phenoxy) is 2. The average molecular weight is 541 g/mol. The Morgan fingerprint density at radius 1 is 1.29 bits per heavy atom. The van der Waals surface area contributed by atoms with Crippen LogP contribution in [0, 0.1) is 13.8 Å². The molecule has 7 nitrogen and oxygen atoms in total. The molecule has 2 aromatic rings. The number of benzene rings is 1. The molecule has 0 spiro atoms. The van der Waals surface area contributed by atoms with Gasteiger partial charge in [0.15, 0.2) is 5.96 Å². The maximum absolute atomic E-state index is 6.09. The lowest BCUT2D eigenvalue weighted by atomic mass is 10.1. The van der Waals surface area contributed by atoms with Gasteiger partial charge in [0.2, 0.25) is 0 Å². The Morgan fingerprint density at radius 2 is 2.16 bits per heavy atom. The zero-order valence-electron chi connectivity index (χ0n) is 18.9. The summed E-state index contributed by atoms with van der Waals surface area (Å²) in [4.78, 5) is 8.60. The summed E-state index contributed by atoms with van der Waals surface area (Å²) in [7, 11) is 1.80. The minimum absolute atomic E-state index is 0. The van der Waals surface area contributed by atoms with Crippen LogP contribution in [-0.4, -0.2) is 48.4 Å². The van der Waals surface area contributed by atoms with Crippen LogP contribution in [0.4, 0.5) is 0 Å². The normalized spacial score (nSPS) is 16.1. The van der Waals surface area contributed by atoms with E-state index in [0.29, 0.717) is 13.2 Å². The molecule has 8 heteroatoms. The number of aryl methyl sites for hydroxylation is 3. The first-order valence-electron chi connectivity index (χ1n) is 10.9. The van der Waals surface area contributed by atoms with Gasteiger partial charge in [-0.2, -0.15) is 0 Å². The molecule has 1 aromatic carbocycles. The molecule has 1 saturated heterocycles. The highest BCUT2D eigenvalue weighted by Crippen LogP contribution is 2.22. The Balaban J connectivity index is 0.00000341. The van der Waals surface area contributed by atoms with Crippen molar-refractivity contribution in [3.05, 3.63) is 47.5 Å². The molecule has 31 heavy (non-hydrogen) atoms. The number of unbranched alkanes of at least 4 members (excludes halogenated alkanes) is 1. The third kappa shape index (κ3) is 8.33. The van der Waals surface area contributed by atoms with Gasteiger partial charge in [0.25, 0.3) is 0 Å². The van der Waals surface area contributed by atoms with E-state index in [0.717, 1.165) is 68.5 Å². The van der Waals surface area contributed by atoms with Crippen molar-refractivity contribution >= 4 is 29.9 Å². The van der Waals surface area contributed by atoms with Gasteiger partial charge >= 0.3 is 0 Å². The van der Waals surface area contributed by atoms with Gasteiger partial charge < -0.3 is 24.7 Å². The van der Waals surface area contributed by atoms with E-state index in [2.05, 4.69) is 50.3 Å². The number of halogens is 1. The number of aromatic nitrogens is 2. The van der Waals surface area contributed by atoms with Crippen LogP contribution < -0.4 is 15.4 Å². The fourth-order valence-electron chi connectivity index (χ4n) is 3.55. The van der Waals surface area contributed by atoms with Crippen LogP contribution in [0.3, 0.4) is 0 Å². The second kappa shape index (κ2) is 13.6. The summed E-state index contributed by atoms with van der Waals surface area (Å²) in [6.07, 6.45) is 8.47. The summed E-state index contributed by atoms with van der Waals surface area (Å²) < 4.78 is 14.0. The molecule has 1 unspecified atom stereocenters. The zero-order valence-corrected chi connectivity index (χ0v) is 21.2. The van der Waals surface area contributed by atoms with Gasteiger partial charge in [-0.3, -0.25) is 4.99 Å². The molecule has 172 valence electrons. The monoisotopic (exact) mass is 541 g/mol. The van der Waals surface area contributed by atoms with E-state index in [-0.39, 0.29) is 30.1 Å². The van der Waals surface area contributed by atoms with E-state index in [1.807, 2.05) is 19.3 Å². The zero-order chi connectivity index (χ0) is 21.2. The molecule has 0 saturated carbocycles. The molecule has 0 bridgehead atoms. The topological polar surface area (TPSA) is 72.7 Å². The maximum atomic E-state index is 6.09. The van der Waals surface area contributed by atoms with Crippen molar-refractivity contribution in [2.75, 3.05) is 26.8 Å². The summed E-state index contributed by atoms with van der Waals surface area (Å²) in [5.74, 6) is 2.79. The van der Waals surface area contributed by atoms with Crippen molar-refractivity contribution in [1.29, 1.82) is 0 Å². The van der Waals surface area contributed by atoms with Crippen LogP contribution in [0.25, 0.3) is 0 Å². The lowest BCUT2D eigenvalue weighted by Crippen LogP contribution is -2.37. The third-order valence-electron chi connectivity index (χ3n) is 5.38. The molecule has 1 fully saturated rings. The lowest BCUT2D eigenvalue weighted by molar-refractivity contribution is 0.0676. The van der Waals surface area contributed by atoms with Crippen molar-refractivity contribution in [3.63, 3.8) is 0 Å². The summed E-state index contributed by atoms with van der Waals surface area (Å²) >= 11 is 0. The van der Waals surface area contributed by atoms with E-state index in [9.17, 15) is 0 Å². The minimum Gasteiger partial charge on any atom is -0.491 e. The smallest absolute Gasteiger partial charge is 0.191 e. The Hall–Kier alpha value is -1.81. The molecular weight excluding hydrogens is 505 g/mol.